The van der Waals surface area contributed by atoms with Gasteiger partial charge in [-0.2, -0.15) is 0 Å². The number of fused-ring (bicyclic) bond motifs is 7. The summed E-state index contributed by atoms with van der Waals surface area (Å²) >= 11 is 4.00. The first-order valence-electron chi connectivity index (χ1n) is 14.4. The molecule has 3 heterocycles. The Bertz CT molecular complexity index is 2010. The summed E-state index contributed by atoms with van der Waals surface area (Å²) in [6.45, 7) is 16.5. The maximum absolute atomic E-state index is 2.44. The summed E-state index contributed by atoms with van der Waals surface area (Å²) in [5.41, 5.74) is 7.61. The molecule has 1 aliphatic rings. The van der Waals surface area contributed by atoms with Crippen LogP contribution in [0.25, 0.3) is 53.0 Å². The standard InChI is InChI=1S/C37H38NS2/c1-21-29-32-30-23(15-16-38(32)8)18-24-17-22(19-36(2,3)4)13-14-25(24)34(30)40-35(29)27(20-37(5,6)7)31-26-11-9-10-12-28(26)39-33(21)31/h9-18H,19-20H2,1-8H3/q+1. The van der Waals surface area contributed by atoms with Crippen molar-refractivity contribution in [3.8, 4) is 11.3 Å². The van der Waals surface area contributed by atoms with Gasteiger partial charge in [0.1, 0.15) is 7.05 Å². The smallest absolute Gasteiger partial charge is 0.200 e. The van der Waals surface area contributed by atoms with Crippen LogP contribution in [0.1, 0.15) is 58.2 Å². The van der Waals surface area contributed by atoms with Crippen LogP contribution in [0.4, 0.5) is 0 Å². The summed E-state index contributed by atoms with van der Waals surface area (Å²) in [4.78, 5) is 2.88. The average molecular weight is 561 g/mol. The lowest BCUT2D eigenvalue weighted by molar-refractivity contribution is -0.659. The Morgan fingerprint density at radius 3 is 2.25 bits per heavy atom. The number of benzene rings is 4. The highest BCUT2D eigenvalue weighted by molar-refractivity contribution is 8.00. The van der Waals surface area contributed by atoms with Crippen LogP contribution in [0, 0.1) is 17.8 Å². The molecule has 0 fully saturated rings. The first kappa shape index (κ1) is 26.0. The fourth-order valence-electron chi connectivity index (χ4n) is 6.75. The van der Waals surface area contributed by atoms with Gasteiger partial charge in [0.2, 0.25) is 5.69 Å². The van der Waals surface area contributed by atoms with E-state index in [0.717, 1.165) is 12.8 Å². The SMILES string of the molecule is Cc1c2c(c(CC(C)(C)C)c3c1sc1ccccc13)Sc1c3ccc(CC(C)(C)C)cc3cc3cc[n+](C)c-2c13. The number of hydrogen-bond acceptors (Lipinski definition) is 2. The molecule has 0 atom stereocenters. The highest BCUT2D eigenvalue weighted by Gasteiger charge is 2.34. The number of nitrogens with zero attached hydrogens (tertiary/aromatic N) is 1. The summed E-state index contributed by atoms with van der Waals surface area (Å²) in [7, 11) is 2.23. The molecule has 0 bridgehead atoms. The topological polar surface area (TPSA) is 3.88 Å². The number of thiophene rings is 1. The quantitative estimate of drug-likeness (QED) is 0.150. The van der Waals surface area contributed by atoms with E-state index in [1.807, 2.05) is 23.1 Å². The van der Waals surface area contributed by atoms with Crippen LogP contribution in [0.3, 0.4) is 0 Å². The second-order valence-electron chi connectivity index (χ2n) is 14.2. The van der Waals surface area contributed by atoms with Gasteiger partial charge in [0.15, 0.2) is 6.20 Å². The first-order valence-corrected chi connectivity index (χ1v) is 16.1. The highest BCUT2D eigenvalue weighted by Crippen LogP contribution is 2.56. The van der Waals surface area contributed by atoms with E-state index < -0.39 is 0 Å². The normalized spacial score (nSPS) is 13.6. The lowest BCUT2D eigenvalue weighted by Gasteiger charge is -2.27. The molecule has 2 aromatic heterocycles. The minimum Gasteiger partial charge on any atom is -0.200 e. The van der Waals surface area contributed by atoms with Crippen LogP contribution in [0.2, 0.25) is 0 Å². The van der Waals surface area contributed by atoms with Crippen molar-refractivity contribution in [2.24, 2.45) is 17.9 Å². The van der Waals surface area contributed by atoms with Crippen LogP contribution >= 0.6 is 23.1 Å². The lowest BCUT2D eigenvalue weighted by atomic mass is 9.83. The third-order valence-corrected chi connectivity index (χ3v) is 10.8. The molecule has 4 aromatic carbocycles. The van der Waals surface area contributed by atoms with Crippen molar-refractivity contribution >= 4 is 64.8 Å². The molecule has 3 heteroatoms. The van der Waals surface area contributed by atoms with E-state index in [4.69, 9.17) is 0 Å². The van der Waals surface area contributed by atoms with Gasteiger partial charge in [0, 0.05) is 36.0 Å². The zero-order valence-electron chi connectivity index (χ0n) is 25.0. The van der Waals surface area contributed by atoms with Crippen LogP contribution in [-0.2, 0) is 19.9 Å². The zero-order chi connectivity index (χ0) is 28.1. The number of pyridine rings is 1. The van der Waals surface area contributed by atoms with Gasteiger partial charge in [0.05, 0.1) is 10.9 Å². The van der Waals surface area contributed by atoms with Crippen molar-refractivity contribution in [2.75, 3.05) is 0 Å². The predicted molar refractivity (Wildman–Crippen MR) is 176 cm³/mol. The molecule has 0 saturated carbocycles. The second-order valence-corrected chi connectivity index (χ2v) is 16.3. The Labute approximate surface area is 246 Å². The lowest BCUT2D eigenvalue weighted by Crippen LogP contribution is -2.32. The van der Waals surface area contributed by atoms with Crippen LogP contribution in [0.15, 0.2) is 70.6 Å². The van der Waals surface area contributed by atoms with Crippen LogP contribution in [-0.4, -0.2) is 0 Å². The third kappa shape index (κ3) is 4.08. The van der Waals surface area contributed by atoms with E-state index in [-0.39, 0.29) is 10.8 Å². The van der Waals surface area contributed by atoms with Gasteiger partial charge in [-0.25, -0.2) is 4.57 Å². The highest BCUT2D eigenvalue weighted by atomic mass is 32.2. The molecule has 40 heavy (non-hydrogen) atoms. The molecular weight excluding hydrogens is 523 g/mol. The van der Waals surface area contributed by atoms with Crippen LogP contribution < -0.4 is 4.57 Å². The Balaban J connectivity index is 1.61. The summed E-state index contributed by atoms with van der Waals surface area (Å²) in [6, 6.07) is 21.0. The summed E-state index contributed by atoms with van der Waals surface area (Å²) in [5, 5.41) is 8.37. The maximum atomic E-state index is 2.44. The molecule has 6 aromatic rings. The summed E-state index contributed by atoms with van der Waals surface area (Å²) < 4.78 is 5.21. The van der Waals surface area contributed by atoms with Gasteiger partial charge in [-0.05, 0) is 75.6 Å². The minimum absolute atomic E-state index is 0.175. The molecule has 0 spiro atoms. The van der Waals surface area contributed by atoms with E-state index >= 15 is 0 Å². The molecule has 1 nitrogen and oxygen atoms in total. The van der Waals surface area contributed by atoms with Gasteiger partial charge in [-0.15, -0.1) is 11.3 Å². The summed E-state index contributed by atoms with van der Waals surface area (Å²) in [5.74, 6) is 0. The fourth-order valence-corrected chi connectivity index (χ4v) is 9.45. The van der Waals surface area contributed by atoms with Gasteiger partial charge < -0.3 is 0 Å². The predicted octanol–water partition coefficient (Wildman–Crippen LogP) is 10.8. The van der Waals surface area contributed by atoms with Crippen LogP contribution in [0.5, 0.6) is 0 Å². The van der Waals surface area contributed by atoms with Gasteiger partial charge in [-0.1, -0.05) is 89.7 Å². The number of hydrogen-bond donors (Lipinski definition) is 0. The van der Waals surface area contributed by atoms with Gasteiger partial charge >= 0.3 is 0 Å². The van der Waals surface area contributed by atoms with E-state index in [1.165, 1.54) is 79.5 Å². The zero-order valence-corrected chi connectivity index (χ0v) is 26.6. The Kier molecular flexibility index (Phi) is 5.74. The molecule has 1 aliphatic heterocycles. The molecule has 0 saturated heterocycles. The molecule has 0 unspecified atom stereocenters. The Hall–Kier alpha value is -2.88. The molecule has 202 valence electrons. The van der Waals surface area contributed by atoms with E-state index in [0.29, 0.717) is 0 Å². The molecule has 0 aliphatic carbocycles. The number of rotatable bonds is 2. The van der Waals surface area contributed by atoms with Crippen molar-refractivity contribution in [3.63, 3.8) is 0 Å². The second kappa shape index (κ2) is 8.81. The van der Waals surface area contributed by atoms with Crippen molar-refractivity contribution in [1.82, 2.24) is 0 Å². The third-order valence-electron chi connectivity index (χ3n) is 8.25. The molecule has 0 radical (unpaired) electrons. The van der Waals surface area contributed by atoms with Gasteiger partial charge in [-0.3, -0.25) is 0 Å². The average Bonchev–Trinajstić information content (AvgIpc) is 3.26. The molecular formula is C37H38NS2+. The van der Waals surface area contributed by atoms with Crippen molar-refractivity contribution < 1.29 is 4.57 Å². The molecule has 0 amide bonds. The Morgan fingerprint density at radius 2 is 1.50 bits per heavy atom. The minimum atomic E-state index is 0.175. The van der Waals surface area contributed by atoms with Crippen molar-refractivity contribution in [2.45, 2.75) is 71.1 Å². The number of aryl methyl sites for hydroxylation is 2. The monoisotopic (exact) mass is 560 g/mol. The molecule has 0 N–H and O–H groups in total. The first-order chi connectivity index (χ1) is 18.9. The Morgan fingerprint density at radius 1 is 0.750 bits per heavy atom. The molecule has 7 rings (SSSR count). The van der Waals surface area contributed by atoms with E-state index in [2.05, 4.69) is 121 Å². The summed E-state index contributed by atoms with van der Waals surface area (Å²) in [6.07, 6.45) is 4.40. The van der Waals surface area contributed by atoms with Gasteiger partial charge in [0.25, 0.3) is 0 Å². The number of aromatic nitrogens is 1. The van der Waals surface area contributed by atoms with E-state index in [1.54, 1.807) is 0 Å². The van der Waals surface area contributed by atoms with Crippen molar-refractivity contribution in [3.05, 3.63) is 77.5 Å². The largest absolute Gasteiger partial charge is 0.222 e. The fraction of sp³-hybridized carbons (Fsp3) is 0.324. The maximum Gasteiger partial charge on any atom is 0.222 e. The van der Waals surface area contributed by atoms with Crippen molar-refractivity contribution in [1.29, 1.82) is 0 Å². The van der Waals surface area contributed by atoms with E-state index in [9.17, 15) is 0 Å².